The molecule has 1 aliphatic rings. The molecule has 0 saturated carbocycles. The fraction of sp³-hybridized carbons (Fsp3) is 0.500. The summed E-state index contributed by atoms with van der Waals surface area (Å²) in [6, 6.07) is 8.52. The van der Waals surface area contributed by atoms with Gasteiger partial charge in [0.2, 0.25) is 0 Å². The maximum atomic E-state index is 10.8. The van der Waals surface area contributed by atoms with Gasteiger partial charge in [0.1, 0.15) is 0 Å². The van der Waals surface area contributed by atoms with Crippen molar-refractivity contribution in [1.82, 2.24) is 10.4 Å². The van der Waals surface area contributed by atoms with Crippen molar-refractivity contribution in [3.63, 3.8) is 0 Å². The van der Waals surface area contributed by atoms with Crippen LogP contribution >= 0.6 is 0 Å². The number of unbranched alkanes of at least 4 members (excludes halogenated alkanes) is 1. The van der Waals surface area contributed by atoms with Gasteiger partial charge in [-0.05, 0) is 24.0 Å². The van der Waals surface area contributed by atoms with E-state index in [4.69, 9.17) is 5.11 Å². The molecule has 0 bridgehead atoms. The van der Waals surface area contributed by atoms with Gasteiger partial charge in [0.25, 0.3) is 0 Å². The van der Waals surface area contributed by atoms with Crippen LogP contribution in [0.4, 0.5) is 4.79 Å². The molecule has 0 fully saturated rings. The highest BCUT2D eigenvalue weighted by atomic mass is 16.4. The Morgan fingerprint density at radius 3 is 3.00 bits per heavy atom. The van der Waals surface area contributed by atoms with Gasteiger partial charge < -0.3 is 5.11 Å². The number of amides is 1. The normalized spacial score (nSPS) is 19.3. The Hall–Kier alpha value is -1.55. The van der Waals surface area contributed by atoms with Crippen LogP contribution in [-0.4, -0.2) is 22.8 Å². The van der Waals surface area contributed by atoms with Crippen molar-refractivity contribution in [2.45, 2.75) is 38.6 Å². The monoisotopic (exact) mass is 248 g/mol. The number of fused-ring (bicyclic) bond motifs is 1. The molecule has 1 unspecified atom stereocenters. The first-order valence-corrected chi connectivity index (χ1v) is 6.56. The molecule has 0 saturated heterocycles. The highest BCUT2D eigenvalue weighted by Crippen LogP contribution is 2.32. The van der Waals surface area contributed by atoms with Gasteiger partial charge in [-0.3, -0.25) is 5.43 Å². The lowest BCUT2D eigenvalue weighted by atomic mass is 9.91. The molecule has 1 atom stereocenters. The zero-order chi connectivity index (χ0) is 13.0. The lowest BCUT2D eigenvalue weighted by Gasteiger charge is -2.36. The van der Waals surface area contributed by atoms with Crippen LogP contribution < -0.4 is 5.43 Å². The van der Waals surface area contributed by atoms with Gasteiger partial charge in [-0.15, -0.1) is 0 Å². The predicted molar refractivity (Wildman–Crippen MR) is 70.3 cm³/mol. The van der Waals surface area contributed by atoms with Gasteiger partial charge >= 0.3 is 6.09 Å². The highest BCUT2D eigenvalue weighted by molar-refractivity contribution is 5.63. The molecular formula is C14H20N2O2. The number of hydrogen-bond donors (Lipinski definition) is 2. The molecule has 1 heterocycles. The molecule has 0 aromatic heterocycles. The van der Waals surface area contributed by atoms with Crippen molar-refractivity contribution in [2.24, 2.45) is 0 Å². The van der Waals surface area contributed by atoms with Crippen LogP contribution in [0.15, 0.2) is 24.3 Å². The minimum absolute atomic E-state index is 0.172. The summed E-state index contributed by atoms with van der Waals surface area (Å²) in [5.74, 6) is 0. The molecule has 18 heavy (non-hydrogen) atoms. The van der Waals surface area contributed by atoms with Crippen LogP contribution in [0.5, 0.6) is 0 Å². The number of benzene rings is 1. The molecule has 2 rings (SSSR count). The Morgan fingerprint density at radius 2 is 2.28 bits per heavy atom. The van der Waals surface area contributed by atoms with Crippen LogP contribution in [-0.2, 0) is 6.42 Å². The Morgan fingerprint density at radius 1 is 1.50 bits per heavy atom. The summed E-state index contributed by atoms with van der Waals surface area (Å²) in [6.07, 6.45) is 3.15. The maximum absolute atomic E-state index is 10.8. The first kappa shape index (κ1) is 12.9. The SMILES string of the molecule is CCCCC1c2ccccc2CCN1NC(=O)O. The standard InChI is InChI=1S/C14H20N2O2/c1-2-3-8-13-12-7-5-4-6-11(12)9-10-16(13)15-14(17)18/h4-7,13,15H,2-3,8-10H2,1H3,(H,17,18). The molecule has 0 radical (unpaired) electrons. The van der Waals surface area contributed by atoms with Crippen molar-refractivity contribution >= 4 is 6.09 Å². The van der Waals surface area contributed by atoms with Crippen LogP contribution in [0.2, 0.25) is 0 Å². The number of hydrogen-bond acceptors (Lipinski definition) is 2. The fourth-order valence-electron chi connectivity index (χ4n) is 2.62. The van der Waals surface area contributed by atoms with E-state index in [1.807, 2.05) is 11.1 Å². The van der Waals surface area contributed by atoms with E-state index in [0.717, 1.165) is 32.2 Å². The minimum Gasteiger partial charge on any atom is -0.464 e. The molecular weight excluding hydrogens is 228 g/mol. The summed E-state index contributed by atoms with van der Waals surface area (Å²) >= 11 is 0. The number of rotatable bonds is 4. The number of nitrogens with one attached hydrogen (secondary N) is 1. The smallest absolute Gasteiger partial charge is 0.419 e. The second-order valence-electron chi connectivity index (χ2n) is 4.72. The second kappa shape index (κ2) is 5.87. The third kappa shape index (κ3) is 2.82. The van der Waals surface area contributed by atoms with Crippen LogP contribution in [0, 0.1) is 0 Å². The van der Waals surface area contributed by atoms with E-state index < -0.39 is 6.09 Å². The second-order valence-corrected chi connectivity index (χ2v) is 4.72. The largest absolute Gasteiger partial charge is 0.464 e. The van der Waals surface area contributed by atoms with Gasteiger partial charge in [-0.1, -0.05) is 44.0 Å². The van der Waals surface area contributed by atoms with E-state index in [-0.39, 0.29) is 6.04 Å². The molecule has 1 aliphatic heterocycles. The zero-order valence-electron chi connectivity index (χ0n) is 10.7. The Balaban J connectivity index is 2.21. The molecule has 0 aliphatic carbocycles. The molecule has 1 amide bonds. The molecule has 1 aromatic rings. The molecule has 98 valence electrons. The Labute approximate surface area is 108 Å². The molecule has 4 heteroatoms. The molecule has 2 N–H and O–H groups in total. The molecule has 4 nitrogen and oxygen atoms in total. The quantitative estimate of drug-likeness (QED) is 0.861. The van der Waals surface area contributed by atoms with Crippen LogP contribution in [0.25, 0.3) is 0 Å². The number of nitrogens with zero attached hydrogens (tertiary/aromatic N) is 1. The summed E-state index contributed by atoms with van der Waals surface area (Å²) in [5, 5.41) is 10.8. The first-order chi connectivity index (χ1) is 8.72. The summed E-state index contributed by atoms with van der Waals surface area (Å²) in [5.41, 5.74) is 5.15. The van der Waals surface area contributed by atoms with Gasteiger partial charge in [-0.25, -0.2) is 9.80 Å². The van der Waals surface area contributed by atoms with Gasteiger partial charge in [-0.2, -0.15) is 0 Å². The van der Waals surface area contributed by atoms with Crippen molar-refractivity contribution in [2.75, 3.05) is 6.54 Å². The maximum Gasteiger partial charge on any atom is 0.419 e. The lowest BCUT2D eigenvalue weighted by Crippen LogP contribution is -2.47. The van der Waals surface area contributed by atoms with E-state index in [0.29, 0.717) is 0 Å². The molecule has 1 aromatic carbocycles. The molecule has 0 spiro atoms. The summed E-state index contributed by atoms with van der Waals surface area (Å²) in [4.78, 5) is 10.8. The van der Waals surface area contributed by atoms with Gasteiger partial charge in [0.05, 0.1) is 6.04 Å². The lowest BCUT2D eigenvalue weighted by molar-refractivity contribution is 0.0930. The average molecular weight is 248 g/mol. The topological polar surface area (TPSA) is 52.6 Å². The minimum atomic E-state index is -0.976. The van der Waals surface area contributed by atoms with Crippen LogP contribution in [0.3, 0.4) is 0 Å². The van der Waals surface area contributed by atoms with Crippen molar-refractivity contribution in [3.05, 3.63) is 35.4 Å². The third-order valence-electron chi connectivity index (χ3n) is 3.48. The van der Waals surface area contributed by atoms with E-state index >= 15 is 0 Å². The van der Waals surface area contributed by atoms with Crippen molar-refractivity contribution in [1.29, 1.82) is 0 Å². The fourth-order valence-corrected chi connectivity index (χ4v) is 2.62. The summed E-state index contributed by atoms with van der Waals surface area (Å²) in [6.45, 7) is 2.90. The van der Waals surface area contributed by atoms with E-state index in [1.54, 1.807) is 0 Å². The number of carbonyl (C=O) groups is 1. The third-order valence-corrected chi connectivity index (χ3v) is 3.48. The Bertz CT molecular complexity index is 420. The number of carboxylic acid groups (broad SMARTS) is 1. The summed E-state index contributed by atoms with van der Waals surface area (Å²) in [7, 11) is 0. The summed E-state index contributed by atoms with van der Waals surface area (Å²) < 4.78 is 0. The van der Waals surface area contributed by atoms with Crippen molar-refractivity contribution < 1.29 is 9.90 Å². The van der Waals surface area contributed by atoms with E-state index in [2.05, 4.69) is 30.5 Å². The first-order valence-electron chi connectivity index (χ1n) is 6.56. The van der Waals surface area contributed by atoms with Gasteiger partial charge in [0.15, 0.2) is 0 Å². The van der Waals surface area contributed by atoms with Gasteiger partial charge in [0, 0.05) is 6.54 Å². The predicted octanol–water partition coefficient (Wildman–Crippen LogP) is 2.96. The highest BCUT2D eigenvalue weighted by Gasteiger charge is 2.27. The number of hydrazine groups is 1. The van der Waals surface area contributed by atoms with E-state index in [9.17, 15) is 4.79 Å². The Kier molecular flexibility index (Phi) is 4.20. The zero-order valence-corrected chi connectivity index (χ0v) is 10.7. The van der Waals surface area contributed by atoms with Crippen molar-refractivity contribution in [3.8, 4) is 0 Å². The van der Waals surface area contributed by atoms with Crippen LogP contribution in [0.1, 0.15) is 43.4 Å². The van der Waals surface area contributed by atoms with E-state index in [1.165, 1.54) is 11.1 Å². The average Bonchev–Trinajstić information content (AvgIpc) is 2.37.